The fourth-order valence-corrected chi connectivity index (χ4v) is 2.47. The van der Waals surface area contributed by atoms with Gasteiger partial charge < -0.3 is 0 Å². The number of aromatic nitrogens is 2. The highest BCUT2D eigenvalue weighted by atomic mass is 35.5. The third-order valence-electron chi connectivity index (χ3n) is 2.80. The number of nitrogens with zero attached hydrogens (tertiary/aromatic N) is 2. The van der Waals surface area contributed by atoms with Crippen molar-refractivity contribution >= 4 is 11.6 Å². The molecule has 1 fully saturated rings. The van der Waals surface area contributed by atoms with Crippen LogP contribution < -0.4 is 0 Å². The van der Waals surface area contributed by atoms with Crippen LogP contribution in [0.1, 0.15) is 42.9 Å². The lowest BCUT2D eigenvalue weighted by Gasteiger charge is -2.12. The first-order valence-electron chi connectivity index (χ1n) is 4.76. The van der Waals surface area contributed by atoms with Gasteiger partial charge >= 0.3 is 0 Å². The first-order valence-corrected chi connectivity index (χ1v) is 5.14. The molecular weight excluding hydrogens is 184 g/mol. The summed E-state index contributed by atoms with van der Waals surface area (Å²) in [5.74, 6) is 0.605. The van der Waals surface area contributed by atoms with E-state index in [9.17, 15) is 0 Å². The van der Waals surface area contributed by atoms with Gasteiger partial charge in [0.05, 0.1) is 0 Å². The van der Waals surface area contributed by atoms with Crippen molar-refractivity contribution in [3.63, 3.8) is 0 Å². The Morgan fingerprint density at radius 1 is 1.31 bits per heavy atom. The van der Waals surface area contributed by atoms with Gasteiger partial charge in [-0.05, 0) is 25.7 Å². The highest BCUT2D eigenvalue weighted by molar-refractivity contribution is 6.30. The van der Waals surface area contributed by atoms with Gasteiger partial charge in [-0.3, -0.25) is 0 Å². The van der Waals surface area contributed by atoms with Crippen LogP contribution in [-0.2, 0) is 0 Å². The van der Waals surface area contributed by atoms with Gasteiger partial charge in [-0.15, -0.1) is 0 Å². The third-order valence-corrected chi connectivity index (χ3v) is 3.10. The summed E-state index contributed by atoms with van der Waals surface area (Å²) in [6, 6.07) is 0. The molecule has 0 amide bonds. The summed E-state index contributed by atoms with van der Waals surface area (Å²) in [4.78, 5) is 8.23. The van der Waals surface area contributed by atoms with Gasteiger partial charge in [0.25, 0.3) is 0 Å². The zero-order chi connectivity index (χ0) is 9.26. The molecule has 0 spiro atoms. The molecule has 0 unspecified atom stereocenters. The van der Waals surface area contributed by atoms with Crippen LogP contribution in [0.2, 0.25) is 5.15 Å². The van der Waals surface area contributed by atoms with Crippen LogP contribution in [0.3, 0.4) is 0 Å². The normalized spacial score (nSPS) is 18.0. The molecule has 70 valence electrons. The smallest absolute Gasteiger partial charge is 0.136 e. The van der Waals surface area contributed by atoms with E-state index < -0.39 is 0 Å². The molecule has 13 heavy (non-hydrogen) atoms. The second kappa shape index (κ2) is 3.62. The Balaban J connectivity index is 2.37. The van der Waals surface area contributed by atoms with Gasteiger partial charge in [-0.25, -0.2) is 9.97 Å². The number of hydrogen-bond acceptors (Lipinski definition) is 2. The van der Waals surface area contributed by atoms with Gasteiger partial charge in [0.1, 0.15) is 11.5 Å². The lowest BCUT2D eigenvalue weighted by Crippen LogP contribution is -2.00. The van der Waals surface area contributed by atoms with Gasteiger partial charge in [0.15, 0.2) is 0 Å². The monoisotopic (exact) mass is 196 g/mol. The first-order chi connectivity index (χ1) is 6.29. The van der Waals surface area contributed by atoms with Crippen molar-refractivity contribution in [2.45, 2.75) is 38.5 Å². The van der Waals surface area contributed by atoms with Gasteiger partial charge in [0, 0.05) is 11.3 Å². The molecule has 2 nitrogen and oxygen atoms in total. The van der Waals surface area contributed by atoms with Crippen molar-refractivity contribution in [3.8, 4) is 0 Å². The molecule has 0 saturated heterocycles. The Bertz CT molecular complexity index is 286. The molecule has 0 radical (unpaired) electrons. The molecule has 0 bridgehead atoms. The Kier molecular flexibility index (Phi) is 2.49. The zero-order valence-corrected chi connectivity index (χ0v) is 8.51. The number of hydrogen-bond donors (Lipinski definition) is 0. The molecule has 1 heterocycles. The summed E-state index contributed by atoms with van der Waals surface area (Å²) < 4.78 is 0. The van der Waals surface area contributed by atoms with Crippen molar-refractivity contribution in [3.05, 3.63) is 22.7 Å². The first kappa shape index (κ1) is 8.95. The molecule has 3 heteroatoms. The van der Waals surface area contributed by atoms with Crippen molar-refractivity contribution in [2.75, 3.05) is 0 Å². The van der Waals surface area contributed by atoms with Gasteiger partial charge in [-0.1, -0.05) is 24.4 Å². The van der Waals surface area contributed by atoms with E-state index >= 15 is 0 Å². The number of halogens is 1. The quantitative estimate of drug-likeness (QED) is 0.646. The Morgan fingerprint density at radius 2 is 2.00 bits per heavy atom. The second-order valence-corrected chi connectivity index (χ2v) is 4.00. The minimum atomic E-state index is 0.605. The van der Waals surface area contributed by atoms with Crippen LogP contribution >= 0.6 is 11.6 Å². The minimum absolute atomic E-state index is 0.605. The van der Waals surface area contributed by atoms with Crippen molar-refractivity contribution in [1.29, 1.82) is 0 Å². The van der Waals surface area contributed by atoms with E-state index in [1.54, 1.807) is 0 Å². The van der Waals surface area contributed by atoms with E-state index in [0.29, 0.717) is 11.1 Å². The maximum Gasteiger partial charge on any atom is 0.136 e. The van der Waals surface area contributed by atoms with E-state index in [-0.39, 0.29) is 0 Å². The van der Waals surface area contributed by atoms with E-state index in [1.165, 1.54) is 37.6 Å². The largest absolute Gasteiger partial charge is 0.241 e. The molecule has 0 atom stereocenters. The van der Waals surface area contributed by atoms with Crippen LogP contribution in [0, 0.1) is 6.92 Å². The molecule has 1 aliphatic carbocycles. The molecular formula is C10H13ClN2. The van der Waals surface area contributed by atoms with Crippen LogP contribution in [0.5, 0.6) is 0 Å². The maximum absolute atomic E-state index is 6.06. The summed E-state index contributed by atoms with van der Waals surface area (Å²) in [5, 5.41) is 0.652. The maximum atomic E-state index is 6.06. The predicted molar refractivity (Wildman–Crippen MR) is 53.0 cm³/mol. The SMILES string of the molecule is Cc1ncnc(Cl)c1C1CCCC1. The van der Waals surface area contributed by atoms with Gasteiger partial charge in [0.2, 0.25) is 0 Å². The fourth-order valence-electron chi connectivity index (χ4n) is 2.13. The second-order valence-electron chi connectivity index (χ2n) is 3.64. The summed E-state index contributed by atoms with van der Waals surface area (Å²) in [7, 11) is 0. The lowest BCUT2D eigenvalue weighted by atomic mass is 9.98. The Labute approximate surface area is 83.4 Å². The molecule has 1 aromatic rings. The van der Waals surface area contributed by atoms with Crippen molar-refractivity contribution < 1.29 is 0 Å². The van der Waals surface area contributed by atoms with Crippen LogP contribution in [0.25, 0.3) is 0 Å². The highest BCUT2D eigenvalue weighted by Gasteiger charge is 2.22. The van der Waals surface area contributed by atoms with E-state index in [2.05, 4.69) is 9.97 Å². The average Bonchev–Trinajstić information content (AvgIpc) is 2.57. The highest BCUT2D eigenvalue weighted by Crippen LogP contribution is 2.37. The molecule has 2 rings (SSSR count). The predicted octanol–water partition coefficient (Wildman–Crippen LogP) is 3.10. The van der Waals surface area contributed by atoms with E-state index in [0.717, 1.165) is 5.69 Å². The summed E-state index contributed by atoms with van der Waals surface area (Å²) in [5.41, 5.74) is 2.23. The summed E-state index contributed by atoms with van der Waals surface area (Å²) in [6.45, 7) is 2.02. The molecule has 1 aromatic heterocycles. The summed E-state index contributed by atoms with van der Waals surface area (Å²) >= 11 is 6.06. The summed E-state index contributed by atoms with van der Waals surface area (Å²) in [6.07, 6.45) is 6.66. The molecule has 1 saturated carbocycles. The Hall–Kier alpha value is -0.630. The van der Waals surface area contributed by atoms with Crippen molar-refractivity contribution in [1.82, 2.24) is 9.97 Å². The minimum Gasteiger partial charge on any atom is -0.241 e. The molecule has 0 aliphatic heterocycles. The molecule has 0 N–H and O–H groups in total. The molecule has 1 aliphatic rings. The van der Waals surface area contributed by atoms with Crippen molar-refractivity contribution in [2.24, 2.45) is 0 Å². The third kappa shape index (κ3) is 1.68. The van der Waals surface area contributed by atoms with Crippen LogP contribution in [-0.4, -0.2) is 9.97 Å². The fraction of sp³-hybridized carbons (Fsp3) is 0.600. The standard InChI is InChI=1S/C10H13ClN2/c1-7-9(8-4-2-3-5-8)10(11)13-6-12-7/h6,8H,2-5H2,1H3. The lowest BCUT2D eigenvalue weighted by molar-refractivity contribution is 0.706. The van der Waals surface area contributed by atoms with Crippen LogP contribution in [0.15, 0.2) is 6.33 Å². The van der Waals surface area contributed by atoms with E-state index in [1.807, 2.05) is 6.92 Å². The topological polar surface area (TPSA) is 25.8 Å². The Morgan fingerprint density at radius 3 is 2.62 bits per heavy atom. The van der Waals surface area contributed by atoms with E-state index in [4.69, 9.17) is 11.6 Å². The number of aryl methyl sites for hydroxylation is 1. The molecule has 0 aromatic carbocycles. The average molecular weight is 197 g/mol. The zero-order valence-electron chi connectivity index (χ0n) is 7.76. The number of rotatable bonds is 1. The van der Waals surface area contributed by atoms with Crippen LogP contribution in [0.4, 0.5) is 0 Å². The van der Waals surface area contributed by atoms with Gasteiger partial charge in [-0.2, -0.15) is 0 Å².